The van der Waals surface area contributed by atoms with Crippen molar-refractivity contribution in [3.8, 4) is 0 Å². The molecule has 0 N–H and O–H groups in total. The Bertz CT molecular complexity index is 279. The van der Waals surface area contributed by atoms with Crippen molar-refractivity contribution in [2.24, 2.45) is 0 Å². The number of hydrogen-bond acceptors (Lipinski definition) is 0. The fourth-order valence-electron chi connectivity index (χ4n) is 1.37. The van der Waals surface area contributed by atoms with Gasteiger partial charge in [-0.15, -0.1) is 0 Å². The van der Waals surface area contributed by atoms with Gasteiger partial charge in [0.15, 0.2) is 0 Å². The third-order valence-electron chi connectivity index (χ3n) is 1.95. The lowest BCUT2D eigenvalue weighted by Gasteiger charge is -2.11. The number of rotatable bonds is 0. The van der Waals surface area contributed by atoms with Crippen molar-refractivity contribution >= 4 is 23.2 Å². The molecule has 57 valence electrons. The first-order valence-corrected chi connectivity index (χ1v) is 4.26. The van der Waals surface area contributed by atoms with Gasteiger partial charge in [-0.3, -0.25) is 0 Å². The molecule has 1 aliphatic rings. The van der Waals surface area contributed by atoms with E-state index in [4.69, 9.17) is 23.2 Å². The average molecular weight is 186 g/mol. The Morgan fingerprint density at radius 2 is 1.91 bits per heavy atom. The molecule has 0 aliphatic heterocycles. The van der Waals surface area contributed by atoms with Crippen LogP contribution in [-0.2, 0) is 10.8 Å². The van der Waals surface area contributed by atoms with Gasteiger partial charge in [-0.05, 0) is 17.5 Å². The third kappa shape index (κ3) is 1.15. The van der Waals surface area contributed by atoms with E-state index in [0.717, 1.165) is 12.0 Å². The molecule has 1 radical (unpaired) electrons. The van der Waals surface area contributed by atoms with Gasteiger partial charge in [0, 0.05) is 6.42 Å². The standard InChI is InChI=1S/C9H7Cl2/c10-9(11)6-5-7-3-1-2-4-8(7)9/h1-4,6H,5H2. The lowest BCUT2D eigenvalue weighted by atomic mass is 10.1. The predicted octanol–water partition coefficient (Wildman–Crippen LogP) is 3.08. The number of halogens is 2. The zero-order valence-corrected chi connectivity index (χ0v) is 7.36. The number of hydrogen-bond donors (Lipinski definition) is 0. The quantitative estimate of drug-likeness (QED) is 0.546. The highest BCUT2D eigenvalue weighted by Crippen LogP contribution is 2.44. The van der Waals surface area contributed by atoms with Crippen molar-refractivity contribution in [3.63, 3.8) is 0 Å². The summed E-state index contributed by atoms with van der Waals surface area (Å²) in [7, 11) is 0. The molecule has 0 spiro atoms. The molecule has 1 aromatic rings. The number of benzene rings is 1. The lowest BCUT2D eigenvalue weighted by molar-refractivity contribution is 1.03. The highest BCUT2D eigenvalue weighted by Gasteiger charge is 2.34. The zero-order chi connectivity index (χ0) is 7.90. The smallest absolute Gasteiger partial charge is 0.0960 e. The van der Waals surface area contributed by atoms with Gasteiger partial charge in [-0.1, -0.05) is 47.5 Å². The minimum absolute atomic E-state index is 0.753. The number of alkyl halides is 2. The second-order valence-corrected chi connectivity index (χ2v) is 4.07. The van der Waals surface area contributed by atoms with Gasteiger partial charge in [0.25, 0.3) is 0 Å². The van der Waals surface area contributed by atoms with Gasteiger partial charge in [-0.2, -0.15) is 0 Å². The maximum absolute atomic E-state index is 6.01. The summed E-state index contributed by atoms with van der Waals surface area (Å²) in [6, 6.07) is 7.98. The molecule has 0 saturated carbocycles. The maximum atomic E-state index is 6.01. The van der Waals surface area contributed by atoms with E-state index in [1.54, 1.807) is 0 Å². The van der Waals surface area contributed by atoms with Crippen LogP contribution < -0.4 is 0 Å². The Kier molecular flexibility index (Phi) is 1.62. The van der Waals surface area contributed by atoms with Crippen LogP contribution in [-0.4, -0.2) is 0 Å². The van der Waals surface area contributed by atoms with E-state index >= 15 is 0 Å². The summed E-state index contributed by atoms with van der Waals surface area (Å²) < 4.78 is -0.753. The summed E-state index contributed by atoms with van der Waals surface area (Å²) in [6.45, 7) is 0. The highest BCUT2D eigenvalue weighted by atomic mass is 35.5. The van der Waals surface area contributed by atoms with Crippen molar-refractivity contribution in [2.45, 2.75) is 10.8 Å². The summed E-state index contributed by atoms with van der Waals surface area (Å²) in [6.07, 6.45) is 2.80. The lowest BCUT2D eigenvalue weighted by Crippen LogP contribution is -2.03. The van der Waals surface area contributed by atoms with Gasteiger partial charge >= 0.3 is 0 Å². The maximum Gasteiger partial charge on any atom is 0.146 e. The van der Waals surface area contributed by atoms with Gasteiger partial charge in [-0.25, -0.2) is 0 Å². The third-order valence-corrected chi connectivity index (χ3v) is 2.67. The fraction of sp³-hybridized carbons (Fsp3) is 0.222. The molecule has 0 nitrogen and oxygen atoms in total. The molecule has 1 aromatic carbocycles. The Morgan fingerprint density at radius 1 is 1.18 bits per heavy atom. The largest absolute Gasteiger partial charge is 0.146 e. The van der Waals surface area contributed by atoms with E-state index in [9.17, 15) is 0 Å². The Balaban J connectivity index is 2.56. The van der Waals surface area contributed by atoms with E-state index in [2.05, 4.69) is 6.07 Å². The van der Waals surface area contributed by atoms with Crippen LogP contribution in [0.15, 0.2) is 24.3 Å². The van der Waals surface area contributed by atoms with Crippen molar-refractivity contribution in [3.05, 3.63) is 41.8 Å². The fourth-order valence-corrected chi connectivity index (χ4v) is 1.89. The molecular weight excluding hydrogens is 179 g/mol. The minimum Gasteiger partial charge on any atom is -0.0960 e. The predicted molar refractivity (Wildman–Crippen MR) is 47.8 cm³/mol. The van der Waals surface area contributed by atoms with Gasteiger partial charge in [0.2, 0.25) is 0 Å². The Morgan fingerprint density at radius 3 is 2.64 bits per heavy atom. The van der Waals surface area contributed by atoms with Crippen LogP contribution in [0.2, 0.25) is 0 Å². The van der Waals surface area contributed by atoms with Crippen LogP contribution in [0.1, 0.15) is 11.1 Å². The van der Waals surface area contributed by atoms with Crippen LogP contribution >= 0.6 is 23.2 Å². The molecule has 0 unspecified atom stereocenters. The van der Waals surface area contributed by atoms with Crippen molar-refractivity contribution in [2.75, 3.05) is 0 Å². The van der Waals surface area contributed by atoms with Gasteiger partial charge in [0.05, 0.1) is 0 Å². The first-order chi connectivity index (χ1) is 5.20. The summed E-state index contributed by atoms with van der Waals surface area (Å²) >= 11 is 12.0. The molecule has 0 aromatic heterocycles. The van der Waals surface area contributed by atoms with E-state index in [-0.39, 0.29) is 0 Å². The zero-order valence-electron chi connectivity index (χ0n) is 5.85. The average Bonchev–Trinajstić information content (AvgIpc) is 2.29. The van der Waals surface area contributed by atoms with Crippen LogP contribution in [0.25, 0.3) is 0 Å². The first kappa shape index (κ1) is 7.45. The van der Waals surface area contributed by atoms with Crippen molar-refractivity contribution < 1.29 is 0 Å². The molecule has 0 saturated heterocycles. The molecular formula is C9H7Cl2. The van der Waals surface area contributed by atoms with E-state index in [1.165, 1.54) is 5.56 Å². The van der Waals surface area contributed by atoms with Crippen LogP contribution in [0.3, 0.4) is 0 Å². The second-order valence-electron chi connectivity index (χ2n) is 2.69. The molecule has 1 aliphatic carbocycles. The molecule has 0 amide bonds. The minimum atomic E-state index is -0.753. The summed E-state index contributed by atoms with van der Waals surface area (Å²) in [5.41, 5.74) is 2.26. The molecule has 11 heavy (non-hydrogen) atoms. The Hall–Kier alpha value is -0.200. The molecule has 2 heteroatoms. The topological polar surface area (TPSA) is 0 Å². The second kappa shape index (κ2) is 2.40. The van der Waals surface area contributed by atoms with E-state index in [1.807, 2.05) is 24.6 Å². The van der Waals surface area contributed by atoms with Crippen LogP contribution in [0, 0.1) is 6.42 Å². The van der Waals surface area contributed by atoms with E-state index in [0.29, 0.717) is 0 Å². The molecule has 2 rings (SSSR count). The summed E-state index contributed by atoms with van der Waals surface area (Å²) in [5.74, 6) is 0. The monoisotopic (exact) mass is 185 g/mol. The molecule has 0 bridgehead atoms. The highest BCUT2D eigenvalue weighted by molar-refractivity contribution is 6.49. The first-order valence-electron chi connectivity index (χ1n) is 3.51. The summed E-state index contributed by atoms with van der Waals surface area (Å²) in [4.78, 5) is 0. The van der Waals surface area contributed by atoms with Crippen LogP contribution in [0.5, 0.6) is 0 Å². The molecule has 0 atom stereocenters. The van der Waals surface area contributed by atoms with Gasteiger partial charge in [0.1, 0.15) is 4.33 Å². The van der Waals surface area contributed by atoms with Crippen LogP contribution in [0.4, 0.5) is 0 Å². The van der Waals surface area contributed by atoms with E-state index < -0.39 is 4.33 Å². The molecule has 0 heterocycles. The SMILES string of the molecule is ClC1(Cl)[CH]Cc2ccccc21. The normalized spacial score (nSPS) is 19.8. The van der Waals surface area contributed by atoms with Crippen molar-refractivity contribution in [1.29, 1.82) is 0 Å². The number of fused-ring (bicyclic) bond motifs is 1. The van der Waals surface area contributed by atoms with Crippen molar-refractivity contribution in [1.82, 2.24) is 0 Å². The summed E-state index contributed by atoms with van der Waals surface area (Å²) in [5, 5.41) is 0. The molecule has 0 fully saturated rings. The Labute approximate surface area is 76.1 Å². The van der Waals surface area contributed by atoms with Gasteiger partial charge < -0.3 is 0 Å².